The van der Waals surface area contributed by atoms with E-state index in [1.807, 2.05) is 0 Å². The van der Waals surface area contributed by atoms with E-state index in [9.17, 15) is 0 Å². The maximum Gasteiger partial charge on any atom is 0.0601 e. The van der Waals surface area contributed by atoms with Crippen LogP contribution < -0.4 is 0 Å². The van der Waals surface area contributed by atoms with Crippen molar-refractivity contribution in [3.63, 3.8) is 0 Å². The quantitative estimate of drug-likeness (QED) is 0.359. The van der Waals surface area contributed by atoms with E-state index in [-0.39, 0.29) is 0 Å². The van der Waals surface area contributed by atoms with Crippen molar-refractivity contribution in [1.82, 2.24) is 0 Å². The van der Waals surface area contributed by atoms with Crippen LogP contribution in [-0.4, -0.2) is 27.2 Å². The number of hydrogen-bond acceptors (Lipinski definition) is 1. The second kappa shape index (κ2) is 5.16. The fraction of sp³-hybridized carbons (Fsp3) is 1.00. The molecule has 3 heteroatoms. The predicted molar refractivity (Wildman–Crippen MR) is 49.7 cm³/mol. The van der Waals surface area contributed by atoms with Gasteiger partial charge in [0.2, 0.25) is 0 Å². The minimum Gasteiger partial charge on any atom is -0.381 e. The monoisotopic (exact) mass is 180 g/mol. The highest BCUT2D eigenvalue weighted by Crippen LogP contribution is 2.07. The molecule has 0 radical (unpaired) electrons. The topological polar surface area (TPSA) is 9.23 Å². The average Bonchev–Trinajstić information content (AvgIpc) is 1.78. The van der Waals surface area contributed by atoms with Crippen molar-refractivity contribution < 1.29 is 4.74 Å². The standard InChI is InChI=1S/C7H17ClOSi/c1-10(2,3)7-6-9-5-4-8/h4-7H2,1-3H3. The van der Waals surface area contributed by atoms with Gasteiger partial charge in [0.1, 0.15) is 0 Å². The Morgan fingerprint density at radius 2 is 1.80 bits per heavy atom. The van der Waals surface area contributed by atoms with Crippen LogP contribution in [0, 0.1) is 0 Å². The van der Waals surface area contributed by atoms with Crippen LogP contribution in [0.1, 0.15) is 0 Å². The fourth-order valence-electron chi connectivity index (χ4n) is 0.535. The van der Waals surface area contributed by atoms with Crippen molar-refractivity contribution in [3.05, 3.63) is 0 Å². The van der Waals surface area contributed by atoms with Gasteiger partial charge in [-0.05, 0) is 6.04 Å². The molecule has 0 saturated carbocycles. The van der Waals surface area contributed by atoms with Gasteiger partial charge in [-0.2, -0.15) is 0 Å². The second-order valence-electron chi connectivity index (χ2n) is 3.61. The maximum absolute atomic E-state index is 5.44. The smallest absolute Gasteiger partial charge is 0.0601 e. The molecule has 0 atom stereocenters. The summed E-state index contributed by atoms with van der Waals surface area (Å²) >= 11 is 5.44. The fourth-order valence-corrected chi connectivity index (χ4v) is 1.40. The molecule has 0 rings (SSSR count). The Labute approximate surface area is 69.7 Å². The van der Waals surface area contributed by atoms with Crippen LogP contribution in [0.4, 0.5) is 0 Å². The van der Waals surface area contributed by atoms with Crippen LogP contribution in [0.3, 0.4) is 0 Å². The third-order valence-electron chi connectivity index (χ3n) is 1.22. The molecule has 0 aromatic rings. The molecule has 1 nitrogen and oxygen atoms in total. The first-order valence-electron chi connectivity index (χ1n) is 3.70. The van der Waals surface area contributed by atoms with Crippen molar-refractivity contribution in [3.8, 4) is 0 Å². The summed E-state index contributed by atoms with van der Waals surface area (Å²) in [6.07, 6.45) is 0. The van der Waals surface area contributed by atoms with Gasteiger partial charge in [-0.1, -0.05) is 19.6 Å². The van der Waals surface area contributed by atoms with E-state index in [0.717, 1.165) is 6.61 Å². The van der Waals surface area contributed by atoms with E-state index in [4.69, 9.17) is 16.3 Å². The van der Waals surface area contributed by atoms with Crippen LogP contribution >= 0.6 is 11.6 Å². The van der Waals surface area contributed by atoms with Gasteiger partial charge >= 0.3 is 0 Å². The van der Waals surface area contributed by atoms with Crippen molar-refractivity contribution >= 4 is 19.7 Å². The Bertz CT molecular complexity index is 80.2. The lowest BCUT2D eigenvalue weighted by atomic mass is 10.8. The number of halogens is 1. The zero-order chi connectivity index (χ0) is 8.04. The lowest BCUT2D eigenvalue weighted by molar-refractivity contribution is 0.163. The van der Waals surface area contributed by atoms with Gasteiger partial charge in [0.05, 0.1) is 6.61 Å². The Morgan fingerprint density at radius 1 is 1.20 bits per heavy atom. The summed E-state index contributed by atoms with van der Waals surface area (Å²) in [6.45, 7) is 8.62. The molecule has 0 unspecified atom stereocenters. The second-order valence-corrected chi connectivity index (χ2v) is 9.61. The summed E-state index contributed by atoms with van der Waals surface area (Å²) in [7, 11) is -0.875. The molecule has 0 heterocycles. The normalized spacial score (nSPS) is 12.0. The van der Waals surface area contributed by atoms with Crippen LogP contribution in [-0.2, 0) is 4.74 Å². The zero-order valence-electron chi connectivity index (χ0n) is 7.11. The minimum absolute atomic E-state index is 0.617. The third-order valence-corrected chi connectivity index (χ3v) is 3.08. The van der Waals surface area contributed by atoms with Crippen LogP contribution in [0.15, 0.2) is 0 Å². The molecule has 0 aromatic carbocycles. The average molecular weight is 181 g/mol. The van der Waals surface area contributed by atoms with E-state index in [1.54, 1.807) is 0 Å². The molecule has 0 aliphatic heterocycles. The van der Waals surface area contributed by atoms with Gasteiger partial charge in [-0.25, -0.2) is 0 Å². The predicted octanol–water partition coefficient (Wildman–Crippen LogP) is 2.58. The minimum atomic E-state index is -0.875. The molecular formula is C7H17ClOSi. The SMILES string of the molecule is C[Si](C)(C)CCOCCCl. The Balaban J connectivity index is 3.04. The maximum atomic E-state index is 5.44. The highest BCUT2D eigenvalue weighted by molar-refractivity contribution is 6.76. The van der Waals surface area contributed by atoms with E-state index in [2.05, 4.69) is 19.6 Å². The van der Waals surface area contributed by atoms with Crippen molar-refractivity contribution in [1.29, 1.82) is 0 Å². The lowest BCUT2D eigenvalue weighted by Crippen LogP contribution is -2.21. The van der Waals surface area contributed by atoms with Gasteiger partial charge in [0.15, 0.2) is 0 Å². The van der Waals surface area contributed by atoms with E-state index in [0.29, 0.717) is 12.5 Å². The lowest BCUT2D eigenvalue weighted by Gasteiger charge is -2.14. The first kappa shape index (κ1) is 10.5. The zero-order valence-corrected chi connectivity index (χ0v) is 8.87. The molecular weight excluding hydrogens is 164 g/mol. The molecule has 0 fully saturated rings. The molecule has 0 saturated heterocycles. The Morgan fingerprint density at radius 3 is 2.20 bits per heavy atom. The van der Waals surface area contributed by atoms with E-state index >= 15 is 0 Å². The van der Waals surface area contributed by atoms with Crippen molar-refractivity contribution in [2.45, 2.75) is 25.7 Å². The van der Waals surface area contributed by atoms with Crippen LogP contribution in [0.25, 0.3) is 0 Å². The number of ether oxygens (including phenoxy) is 1. The van der Waals surface area contributed by atoms with E-state index in [1.165, 1.54) is 6.04 Å². The summed E-state index contributed by atoms with van der Waals surface area (Å²) in [5.41, 5.74) is 0. The molecule has 0 amide bonds. The van der Waals surface area contributed by atoms with Crippen molar-refractivity contribution in [2.75, 3.05) is 19.1 Å². The molecule has 0 bridgehead atoms. The molecule has 0 aliphatic rings. The molecule has 0 spiro atoms. The van der Waals surface area contributed by atoms with Gasteiger partial charge in [-0.15, -0.1) is 11.6 Å². The summed E-state index contributed by atoms with van der Waals surface area (Å²) in [5, 5.41) is 0. The summed E-state index contributed by atoms with van der Waals surface area (Å²) in [6, 6.07) is 1.24. The number of hydrogen-bond donors (Lipinski definition) is 0. The Kier molecular flexibility index (Phi) is 5.40. The highest BCUT2D eigenvalue weighted by atomic mass is 35.5. The highest BCUT2D eigenvalue weighted by Gasteiger charge is 2.11. The van der Waals surface area contributed by atoms with Gasteiger partial charge in [0.25, 0.3) is 0 Å². The first-order chi connectivity index (χ1) is 4.56. The molecule has 62 valence electrons. The molecule has 0 N–H and O–H groups in total. The van der Waals surface area contributed by atoms with Gasteiger partial charge < -0.3 is 4.74 Å². The van der Waals surface area contributed by atoms with Gasteiger partial charge in [-0.3, -0.25) is 0 Å². The largest absolute Gasteiger partial charge is 0.381 e. The van der Waals surface area contributed by atoms with Crippen LogP contribution in [0.2, 0.25) is 25.7 Å². The Hall–Kier alpha value is 0.467. The van der Waals surface area contributed by atoms with Crippen LogP contribution in [0.5, 0.6) is 0 Å². The summed E-state index contributed by atoms with van der Waals surface area (Å²) in [4.78, 5) is 0. The van der Waals surface area contributed by atoms with E-state index < -0.39 is 8.07 Å². The first-order valence-corrected chi connectivity index (χ1v) is 7.94. The summed E-state index contributed by atoms with van der Waals surface area (Å²) < 4.78 is 5.26. The number of alkyl halides is 1. The molecule has 0 aromatic heterocycles. The van der Waals surface area contributed by atoms with Crippen molar-refractivity contribution in [2.24, 2.45) is 0 Å². The molecule has 0 aliphatic carbocycles. The third kappa shape index (κ3) is 8.47. The molecule has 10 heavy (non-hydrogen) atoms. The summed E-state index contributed by atoms with van der Waals surface area (Å²) in [5.74, 6) is 0.617. The number of rotatable bonds is 5. The van der Waals surface area contributed by atoms with Gasteiger partial charge in [0, 0.05) is 20.6 Å².